The lowest BCUT2D eigenvalue weighted by Gasteiger charge is -2.29. The molecular formula is C52H35N5O2. The van der Waals surface area contributed by atoms with Crippen molar-refractivity contribution in [2.24, 2.45) is 5.92 Å². The lowest BCUT2D eigenvalue weighted by molar-refractivity contribution is 0.394. The largest absolute Gasteiger partial charge is 0.456 e. The first-order chi connectivity index (χ1) is 29.0. The molecule has 280 valence electrons. The summed E-state index contributed by atoms with van der Waals surface area (Å²) in [7, 11) is 0. The number of furan rings is 2. The molecule has 0 saturated heterocycles. The predicted molar refractivity (Wildman–Crippen MR) is 235 cm³/mol. The highest BCUT2D eigenvalue weighted by Crippen LogP contribution is 2.53. The molecule has 2 aliphatic rings. The number of hydrogen-bond acceptors (Lipinski definition) is 7. The van der Waals surface area contributed by atoms with Crippen LogP contribution in [0.1, 0.15) is 30.9 Å². The number of allylic oxidation sites excluding steroid dienone is 4. The van der Waals surface area contributed by atoms with Crippen LogP contribution in [-0.2, 0) is 5.41 Å². The molecule has 0 amide bonds. The second-order valence-electron chi connectivity index (χ2n) is 16.0. The monoisotopic (exact) mass is 761 g/mol. The second kappa shape index (κ2) is 12.7. The van der Waals surface area contributed by atoms with Gasteiger partial charge >= 0.3 is 0 Å². The molecule has 4 aromatic heterocycles. The molecule has 59 heavy (non-hydrogen) atoms. The number of benzene rings is 6. The average Bonchev–Trinajstić information content (AvgIpc) is 3.94. The maximum Gasteiger partial charge on any atom is 0.180 e. The van der Waals surface area contributed by atoms with Gasteiger partial charge in [0.05, 0.1) is 0 Å². The number of nitrogens with zero attached hydrogens (tertiary/aromatic N) is 5. The second-order valence-corrected chi connectivity index (χ2v) is 16.0. The van der Waals surface area contributed by atoms with Crippen molar-refractivity contribution in [2.45, 2.75) is 25.2 Å². The molecule has 12 rings (SSSR count). The summed E-state index contributed by atoms with van der Waals surface area (Å²) in [6, 6.07) is 47.2. The molecule has 10 aromatic rings. The summed E-state index contributed by atoms with van der Waals surface area (Å²) < 4.78 is 13.1. The minimum Gasteiger partial charge on any atom is -0.456 e. The van der Waals surface area contributed by atoms with Crippen molar-refractivity contribution in [3.8, 4) is 56.8 Å². The fourth-order valence-electron chi connectivity index (χ4n) is 9.32. The van der Waals surface area contributed by atoms with E-state index in [0.29, 0.717) is 46.4 Å². The van der Waals surface area contributed by atoms with Gasteiger partial charge in [-0.2, -0.15) is 0 Å². The highest BCUT2D eigenvalue weighted by atomic mass is 16.3. The highest BCUT2D eigenvalue weighted by Gasteiger charge is 2.44. The molecule has 2 atom stereocenters. The van der Waals surface area contributed by atoms with Crippen LogP contribution in [0.5, 0.6) is 0 Å². The van der Waals surface area contributed by atoms with Gasteiger partial charge in [-0.1, -0.05) is 135 Å². The molecule has 0 bridgehead atoms. The van der Waals surface area contributed by atoms with E-state index in [2.05, 4.69) is 80.6 Å². The molecule has 0 spiro atoms. The van der Waals surface area contributed by atoms with Gasteiger partial charge in [0.15, 0.2) is 28.9 Å². The van der Waals surface area contributed by atoms with E-state index in [-0.39, 0.29) is 5.41 Å². The molecule has 0 N–H and O–H groups in total. The van der Waals surface area contributed by atoms with Crippen molar-refractivity contribution >= 4 is 44.0 Å². The zero-order chi connectivity index (χ0) is 39.2. The minimum atomic E-state index is -0.0418. The Balaban J connectivity index is 1.06. The first kappa shape index (κ1) is 33.6. The van der Waals surface area contributed by atoms with E-state index in [4.69, 9.17) is 33.8 Å². The molecule has 0 fully saturated rings. The van der Waals surface area contributed by atoms with Gasteiger partial charge in [-0.3, -0.25) is 0 Å². The summed E-state index contributed by atoms with van der Waals surface area (Å²) in [6.45, 7) is 4.70. The Morgan fingerprint density at radius 3 is 1.95 bits per heavy atom. The number of para-hydroxylation sites is 1. The fourth-order valence-corrected chi connectivity index (χ4v) is 9.32. The first-order valence-corrected chi connectivity index (χ1v) is 20.0. The quantitative estimate of drug-likeness (QED) is 0.172. The van der Waals surface area contributed by atoms with Crippen LogP contribution in [0.2, 0.25) is 0 Å². The summed E-state index contributed by atoms with van der Waals surface area (Å²) >= 11 is 0. The van der Waals surface area contributed by atoms with Crippen molar-refractivity contribution in [3.05, 3.63) is 175 Å². The van der Waals surface area contributed by atoms with Crippen LogP contribution in [0.4, 0.5) is 0 Å². The third-order valence-electron chi connectivity index (χ3n) is 12.3. The molecule has 2 unspecified atom stereocenters. The molecular weight excluding hydrogens is 727 g/mol. The standard InChI is InChI=1S/C52H35N5O2/c1-52(2)39-21-11-9-18-34(39)35-26-24-33(29-40(35)52)50-53-45(47-46(54-50)36-19-10-12-22-41(36)59-47)32-25-27-42-38(28-32)44-37(20-13-23-43(44)58-42)51-56-48(30-14-5-3-6-15-30)55-49(57-51)31-16-7-4-8-17-31/h3-29,34,39H,1-2H3. The fraction of sp³-hybridized carbons (Fsp3) is 0.0962. The van der Waals surface area contributed by atoms with Crippen LogP contribution in [0, 0.1) is 5.92 Å². The van der Waals surface area contributed by atoms with Gasteiger partial charge in [0.25, 0.3) is 0 Å². The van der Waals surface area contributed by atoms with E-state index in [9.17, 15) is 0 Å². The van der Waals surface area contributed by atoms with Crippen molar-refractivity contribution in [1.82, 2.24) is 24.9 Å². The summed E-state index contributed by atoms with van der Waals surface area (Å²) in [5, 5.41) is 2.78. The SMILES string of the molecule is CC1(C)c2cc(-c3nc(-c4ccc5oc6cccc(-c7nc(-c8ccccc8)nc(-c8ccccc8)n7)c6c5c4)c4oc5ccccc5c4n3)ccc2C2C=CC=CC21. The Bertz CT molecular complexity index is 3320. The normalized spacial score (nSPS) is 16.6. The van der Waals surface area contributed by atoms with Crippen molar-refractivity contribution in [3.63, 3.8) is 0 Å². The Kier molecular flexibility index (Phi) is 7.26. The Morgan fingerprint density at radius 2 is 1.15 bits per heavy atom. The Hall–Kier alpha value is -7.51. The van der Waals surface area contributed by atoms with Crippen molar-refractivity contribution < 1.29 is 8.83 Å². The molecule has 4 heterocycles. The maximum absolute atomic E-state index is 6.59. The van der Waals surface area contributed by atoms with E-state index >= 15 is 0 Å². The lowest BCUT2D eigenvalue weighted by atomic mass is 9.74. The van der Waals surface area contributed by atoms with E-state index in [1.54, 1.807) is 0 Å². The van der Waals surface area contributed by atoms with Gasteiger partial charge in [0.2, 0.25) is 0 Å². The molecule has 0 saturated carbocycles. The predicted octanol–water partition coefficient (Wildman–Crippen LogP) is 12.9. The highest BCUT2D eigenvalue weighted by molar-refractivity contribution is 6.14. The third kappa shape index (κ3) is 5.24. The Morgan fingerprint density at radius 1 is 0.492 bits per heavy atom. The van der Waals surface area contributed by atoms with Crippen LogP contribution in [0.3, 0.4) is 0 Å². The number of aromatic nitrogens is 5. The van der Waals surface area contributed by atoms with E-state index in [1.165, 1.54) is 11.1 Å². The van der Waals surface area contributed by atoms with E-state index < -0.39 is 0 Å². The first-order valence-electron chi connectivity index (χ1n) is 20.0. The number of fused-ring (bicyclic) bond motifs is 9. The zero-order valence-electron chi connectivity index (χ0n) is 32.3. The van der Waals surface area contributed by atoms with Crippen LogP contribution in [-0.4, -0.2) is 24.9 Å². The number of hydrogen-bond donors (Lipinski definition) is 0. The molecule has 0 radical (unpaired) electrons. The summed E-state index contributed by atoms with van der Waals surface area (Å²) in [5.74, 6) is 3.19. The number of rotatable bonds is 5. The van der Waals surface area contributed by atoms with Gasteiger partial charge in [-0.05, 0) is 64.9 Å². The molecule has 7 heteroatoms. The van der Waals surface area contributed by atoms with Crippen molar-refractivity contribution in [2.75, 3.05) is 0 Å². The van der Waals surface area contributed by atoms with Crippen LogP contribution in [0.15, 0.2) is 173 Å². The van der Waals surface area contributed by atoms with Gasteiger partial charge in [-0.25, -0.2) is 24.9 Å². The van der Waals surface area contributed by atoms with Crippen LogP contribution in [0.25, 0.3) is 101 Å². The summed E-state index contributed by atoms with van der Waals surface area (Å²) in [4.78, 5) is 25.7. The molecule has 6 aromatic carbocycles. The van der Waals surface area contributed by atoms with Gasteiger partial charge in [0, 0.05) is 49.9 Å². The van der Waals surface area contributed by atoms with Crippen molar-refractivity contribution in [1.29, 1.82) is 0 Å². The van der Waals surface area contributed by atoms with Gasteiger partial charge in [-0.15, -0.1) is 0 Å². The zero-order valence-corrected chi connectivity index (χ0v) is 32.3. The maximum atomic E-state index is 6.59. The molecule has 7 nitrogen and oxygen atoms in total. The van der Waals surface area contributed by atoms with Gasteiger partial charge in [0.1, 0.15) is 28.0 Å². The minimum absolute atomic E-state index is 0.0418. The van der Waals surface area contributed by atoms with Crippen LogP contribution < -0.4 is 0 Å². The van der Waals surface area contributed by atoms with Gasteiger partial charge < -0.3 is 8.83 Å². The van der Waals surface area contributed by atoms with E-state index in [0.717, 1.165) is 66.2 Å². The smallest absolute Gasteiger partial charge is 0.180 e. The topological polar surface area (TPSA) is 90.7 Å². The summed E-state index contributed by atoms with van der Waals surface area (Å²) in [6.07, 6.45) is 9.04. The Labute approximate surface area is 339 Å². The average molecular weight is 762 g/mol. The lowest BCUT2D eigenvalue weighted by Crippen LogP contribution is -2.24. The van der Waals surface area contributed by atoms with E-state index in [1.807, 2.05) is 97.1 Å². The third-order valence-corrected chi connectivity index (χ3v) is 12.3. The summed E-state index contributed by atoms with van der Waals surface area (Å²) in [5.41, 5.74) is 11.6. The molecule has 0 aliphatic heterocycles. The van der Waals surface area contributed by atoms with Crippen LogP contribution >= 0.6 is 0 Å². The molecule has 2 aliphatic carbocycles.